The van der Waals surface area contributed by atoms with Crippen molar-refractivity contribution in [2.75, 3.05) is 0 Å². The third-order valence-electron chi connectivity index (χ3n) is 22.8. The van der Waals surface area contributed by atoms with E-state index < -0.39 is 841 Å². The summed E-state index contributed by atoms with van der Waals surface area (Å²) in [6, 6.07) is -84.1. The van der Waals surface area contributed by atoms with Crippen LogP contribution in [0.3, 0.4) is 0 Å². The van der Waals surface area contributed by atoms with Gasteiger partial charge in [-0.15, -0.1) is 0 Å². The molecule has 0 aliphatic carbocycles. The third kappa shape index (κ3) is 15.4. The first-order chi connectivity index (χ1) is 111. The summed E-state index contributed by atoms with van der Waals surface area (Å²) in [7, 11) is 0. The molecule has 0 unspecified atom stereocenters. The fraction of sp³-hybridized carbons (Fsp3) is 0. The first kappa shape index (κ1) is 32.4. The molecule has 0 aromatic heterocycles. The van der Waals surface area contributed by atoms with Gasteiger partial charge in [0.15, 0.2) is 0 Å². The number of hydrogen-bond acceptors (Lipinski definition) is 0. The molecule has 0 atom stereocenters. The third-order valence-corrected chi connectivity index (χ3v) is 22.8. The fourth-order valence-corrected chi connectivity index (χ4v) is 16.8. The maximum Gasteiger partial charge on any atom is 0.0636 e. The minimum atomic E-state index is -1.03. The van der Waals surface area contributed by atoms with Crippen molar-refractivity contribution in [2.45, 2.75) is 0 Å². The molecule has 0 N–H and O–H groups in total. The molecule has 0 fully saturated rings. The minimum Gasteiger partial charge on any atom is -0.0622 e. The zero-order valence-electron chi connectivity index (χ0n) is 166. The average Bonchev–Trinajstić information content (AvgIpc) is 0.684. The van der Waals surface area contributed by atoms with Crippen LogP contribution in [-0.2, 0) is 0 Å². The van der Waals surface area contributed by atoms with Crippen LogP contribution in [0, 0.1) is 0 Å². The van der Waals surface area contributed by atoms with Gasteiger partial charge in [0.1, 0.15) is 0 Å². The second-order valence-corrected chi connectivity index (χ2v) is 30.5. The van der Waals surface area contributed by atoms with Crippen LogP contribution in [0.25, 0.3) is 273 Å². The molecule has 0 radical (unpaired) electrons. The van der Waals surface area contributed by atoms with Gasteiger partial charge < -0.3 is 0 Å². The summed E-state index contributed by atoms with van der Waals surface area (Å²) in [5.41, 5.74) is -14.1. The van der Waals surface area contributed by atoms with E-state index in [0.717, 1.165) is 0 Å². The molecular weight excluding hydrogens is 1730 g/mol. The average molecular weight is 1920 g/mol. The predicted octanol–water partition coefficient (Wildman–Crippen LogP) is 40.7. The summed E-state index contributed by atoms with van der Waals surface area (Å²) in [5, 5.41) is -18.7. The van der Waals surface area contributed by atoms with E-state index in [1.54, 1.807) is 0 Å². The Morgan fingerprint density at radius 3 is 0.604 bits per heavy atom. The first-order valence-corrected chi connectivity index (χ1v) is 42.2. The quantitative estimate of drug-likeness (QED) is 0.0946. The number of fused-ring (bicyclic) bond motifs is 16. The molecule has 0 saturated heterocycles. The van der Waals surface area contributed by atoms with Crippen LogP contribution in [0.4, 0.5) is 0 Å². The first-order valence-electron chi connectivity index (χ1n) is 89.2. The molecule has 0 aliphatic heterocycles. The lowest BCUT2D eigenvalue weighted by Crippen LogP contribution is -1.91. The van der Waals surface area contributed by atoms with E-state index in [2.05, 4.69) is 0 Å². The Morgan fingerprint density at radius 1 is 0.0833 bits per heavy atom. The highest BCUT2D eigenvalue weighted by Crippen LogP contribution is 2.53. The summed E-state index contributed by atoms with van der Waals surface area (Å²) >= 11 is 0. The van der Waals surface area contributed by atoms with Gasteiger partial charge in [0.2, 0.25) is 0 Å². The molecule has 29 aromatic carbocycles. The van der Waals surface area contributed by atoms with Crippen molar-refractivity contribution in [2.24, 2.45) is 0 Å². The fourth-order valence-electron chi connectivity index (χ4n) is 16.8. The van der Waals surface area contributed by atoms with Crippen molar-refractivity contribution in [3.05, 3.63) is 568 Å². The van der Waals surface area contributed by atoms with Crippen molar-refractivity contribution in [3.8, 4) is 111 Å². The van der Waals surface area contributed by atoms with Crippen LogP contribution in [0.5, 0.6) is 0 Å². The minimum absolute atomic E-state index is 0.470. The lowest BCUT2D eigenvalue weighted by Gasteiger charge is -2.19. The molecule has 0 amide bonds. The van der Waals surface area contributed by atoms with Crippen LogP contribution in [0.1, 0.15) is 129 Å². The van der Waals surface area contributed by atoms with Gasteiger partial charge in [-0.1, -0.05) is 550 Å². The summed E-state index contributed by atoms with van der Waals surface area (Å²) in [6.45, 7) is 0. The Morgan fingerprint density at radius 2 is 0.264 bits per heavy atom. The van der Waals surface area contributed by atoms with Gasteiger partial charge in [-0.05, 0) is 291 Å². The lowest BCUT2D eigenvalue weighted by molar-refractivity contribution is 1.61. The van der Waals surface area contributed by atoms with Gasteiger partial charge in [-0.3, -0.25) is 0 Å². The molecule has 29 rings (SSSR count). The van der Waals surface area contributed by atoms with E-state index in [1.165, 1.54) is 0 Å². The van der Waals surface area contributed by atoms with E-state index in [1.807, 2.05) is 0 Å². The predicted molar refractivity (Wildman–Crippen MR) is 623 cm³/mol. The van der Waals surface area contributed by atoms with E-state index in [4.69, 9.17) is 96.0 Å². The maximum absolute atomic E-state index is 9.60. The monoisotopic (exact) mass is 1920 g/mol. The molecule has 0 aliphatic rings. The van der Waals surface area contributed by atoms with Gasteiger partial charge in [0.05, 0.1) is 129 Å². The second-order valence-electron chi connectivity index (χ2n) is 30.5. The summed E-state index contributed by atoms with van der Waals surface area (Å²) in [6.07, 6.45) is 0. The Bertz CT molecular complexity index is 15900. The molecule has 0 spiro atoms. The Hall–Kier alpha value is -18.7. The molecular formula is C144H94. The SMILES string of the molecule is [2H]c1c([2H])c([2H])c(-c2c([2H])c([2H])c(-c3c4c([2H])c([2H])c([2H])c([2H])c4c(-c4c([2H])c([2H])c([2H])c5c([2H])c([2H])c([2H])c([2H])c45)c4c([2H])c([2H])c([2H])c([2H])c34)c([2H])c2[2H])c([2H])c1[2H].[2H]c1c([2H])c([2H])c(-c2c([2H])c([2H])c([2H])c(-c3c4c([2H])c([2H])c([2H])c([2H])c4c(-c4c([2H])c([2H])c([2H])c5c([2H])c([2H])c([2H])c([2H])c45)c4c([2H])c([2H])c([2H])c([2H])c34)c2[2H])c([2H])c1[2H].[2H]c1c([2H])c([2H])c2c(-c3c4c([2H])c([2H])c([2H])c([2H])c4c(-c4c([2H])c([2H])c5c(c4[2H])c([2H])c([2H])c4c([2H])c([2H])c([2H])c([2H])c45)c4c([2H])c([2H])c([2H])c([2H])c34)c([2H])c([2H])c([2H])c2c1[2H].[2H]c1c([2H])c([2H])c2c([2H])c(-c3c4c([2H])c([2H])c([2H])c([2H])c4c(-c4c([2H])c([2H])c([2H])c5c([2H])c([2H])c([2H])c([2H])c45)c4c([2H])c([2H])c([2H])c([2H])c34)c([2H])c([2H])c2c1[2H]. The zero-order chi connectivity index (χ0) is 177. The highest BCUT2D eigenvalue weighted by atomic mass is 14.3. The van der Waals surface area contributed by atoms with Gasteiger partial charge in [0.25, 0.3) is 0 Å². The molecule has 0 saturated carbocycles. The largest absolute Gasteiger partial charge is 0.0636 e. The summed E-state index contributed by atoms with van der Waals surface area (Å²) in [5.74, 6) is 0. The van der Waals surface area contributed by atoms with Crippen LogP contribution >= 0.6 is 0 Å². The number of benzene rings is 29. The molecule has 0 heteroatoms. The van der Waals surface area contributed by atoms with Crippen molar-refractivity contribution in [3.63, 3.8) is 0 Å². The molecule has 0 bridgehead atoms. The van der Waals surface area contributed by atoms with Crippen molar-refractivity contribution < 1.29 is 129 Å². The number of rotatable bonds is 10. The van der Waals surface area contributed by atoms with Crippen LogP contribution in [0.15, 0.2) is 568 Å². The molecule has 29 aromatic rings. The lowest BCUT2D eigenvalue weighted by atomic mass is 9.84. The van der Waals surface area contributed by atoms with Gasteiger partial charge in [-0.25, -0.2) is 0 Å². The van der Waals surface area contributed by atoms with Gasteiger partial charge >= 0.3 is 0 Å². The second kappa shape index (κ2) is 37.2. The van der Waals surface area contributed by atoms with Crippen molar-refractivity contribution in [1.29, 1.82) is 0 Å². The maximum atomic E-state index is 9.60. The molecule has 144 heavy (non-hydrogen) atoms. The van der Waals surface area contributed by atoms with Crippen LogP contribution < -0.4 is 0 Å². The molecule has 0 heterocycles. The zero-order valence-corrected chi connectivity index (χ0v) is 72.0. The molecule has 0 nitrogen and oxygen atoms in total. The highest BCUT2D eigenvalue weighted by Gasteiger charge is 2.25. The topological polar surface area (TPSA) is 0 Å². The van der Waals surface area contributed by atoms with E-state index in [0.29, 0.717) is 0 Å². The normalized spacial score (nSPS) is 20.6. The van der Waals surface area contributed by atoms with Crippen LogP contribution in [-0.4, -0.2) is 0 Å². The smallest absolute Gasteiger partial charge is 0.0622 e. The van der Waals surface area contributed by atoms with E-state index in [9.17, 15) is 32.9 Å². The Balaban J connectivity index is 0.000000144. The van der Waals surface area contributed by atoms with Crippen LogP contribution in [0.2, 0.25) is 0 Å². The summed E-state index contributed by atoms with van der Waals surface area (Å²) in [4.78, 5) is 0. The van der Waals surface area contributed by atoms with Crippen molar-refractivity contribution >= 4 is 162 Å². The highest BCUT2D eigenvalue weighted by molar-refractivity contribution is 6.29. The van der Waals surface area contributed by atoms with E-state index >= 15 is 0 Å². The van der Waals surface area contributed by atoms with Crippen molar-refractivity contribution in [1.82, 2.24) is 0 Å². The molecule has 670 valence electrons. The number of hydrogen-bond donors (Lipinski definition) is 0. The van der Waals surface area contributed by atoms with Gasteiger partial charge in [0, 0.05) is 0 Å². The van der Waals surface area contributed by atoms with E-state index in [-0.39, 0.29) is 0 Å². The Kier molecular flexibility index (Phi) is 8.38. The standard InChI is InChI=1S/C38H24.2C36H24.C34H22/c1-4-14-30-25(10-1)12-9-19-32(30)38-35-17-7-5-15-33(35)37(34-16-6-8-18-36(34)38)28-22-23-31-27(24-28)21-20-26-11-2-3-13-29(26)31;1-2-12-25(13-3-1)27-16-10-17-28(24-27)35-31-19-6-8-21-33(31)36(34-22-9-7-20-32(34)35)30-23-11-15-26-14-4-5-18-29(26)30;1-2-11-25(12-3-1)26-21-23-28(24-22-26)35-31-16-6-8-18-33(31)36(34-19-9-7-17-32(34)35)30-20-10-14-27-13-4-5-15-29(27)30;1-2-12-25-22-26(21-20-23(25)10-1)33-29-15-5-7-17-31(29)34(32-18-8-6-16-30(32)33)28-19-9-13-24-11-3-4-14-27(24)28/h1-24H;2*1-24H;1-22H/i3*1D,2D,3D,4D,5D,6D,7D,8D,9D,10D,11D,12D,13D,14D,15D,16D,17D,18D,19D,20D,21D,22D,23D,24D;1D,2D,3D,4D,5D,6D,7D,8D,9D,10D,11D,12D,13D,14D,15D,16D,17D,18D,19D,20D,21D,22D. The van der Waals surface area contributed by atoms with Gasteiger partial charge in [-0.2, -0.15) is 0 Å². The summed E-state index contributed by atoms with van der Waals surface area (Å²) < 4.78 is 827. The Labute approximate surface area is 968 Å².